The molecule has 0 spiro atoms. The van der Waals surface area contributed by atoms with Crippen molar-refractivity contribution < 1.29 is 9.53 Å². The van der Waals surface area contributed by atoms with E-state index in [1.165, 1.54) is 0 Å². The lowest BCUT2D eigenvalue weighted by atomic mass is 9.84. The van der Waals surface area contributed by atoms with Gasteiger partial charge in [0.15, 0.2) is 0 Å². The van der Waals surface area contributed by atoms with Crippen molar-refractivity contribution in [3.63, 3.8) is 0 Å². The third-order valence-electron chi connectivity index (χ3n) is 5.34. The zero-order valence-electron chi connectivity index (χ0n) is 15.7. The Hall–Kier alpha value is -1.88. The molecule has 3 rings (SSSR count). The Labute approximate surface area is 149 Å². The minimum absolute atomic E-state index is 0.0961. The summed E-state index contributed by atoms with van der Waals surface area (Å²) < 4.78 is 7.54. The van der Waals surface area contributed by atoms with Crippen LogP contribution in [0.4, 0.5) is 0 Å². The molecule has 1 N–H and O–H groups in total. The highest BCUT2D eigenvalue weighted by atomic mass is 16.5. The van der Waals surface area contributed by atoms with Crippen molar-refractivity contribution in [1.82, 2.24) is 14.9 Å². The Morgan fingerprint density at radius 2 is 2.12 bits per heavy atom. The number of para-hydroxylation sites is 2. The van der Waals surface area contributed by atoms with Crippen LogP contribution in [0.3, 0.4) is 0 Å². The highest BCUT2D eigenvalue weighted by molar-refractivity contribution is 5.78. The van der Waals surface area contributed by atoms with Gasteiger partial charge >= 0.3 is 0 Å². The lowest BCUT2D eigenvalue weighted by Crippen LogP contribution is -2.43. The minimum Gasteiger partial charge on any atom is -0.381 e. The molecule has 1 saturated carbocycles. The molecule has 5 nitrogen and oxygen atoms in total. The fraction of sp³-hybridized carbons (Fsp3) is 0.600. The maximum atomic E-state index is 12.6. The summed E-state index contributed by atoms with van der Waals surface area (Å²) in [6.45, 7) is 4.04. The Morgan fingerprint density at radius 3 is 2.84 bits per heavy atom. The van der Waals surface area contributed by atoms with Crippen LogP contribution in [-0.4, -0.2) is 28.7 Å². The van der Waals surface area contributed by atoms with Gasteiger partial charge in [-0.1, -0.05) is 18.6 Å². The summed E-state index contributed by atoms with van der Waals surface area (Å²) in [7, 11) is 3.77. The monoisotopic (exact) mass is 343 g/mol. The second-order valence-electron chi connectivity index (χ2n) is 7.75. The molecule has 2 aromatic rings. The van der Waals surface area contributed by atoms with Crippen LogP contribution in [0.1, 0.15) is 51.8 Å². The third kappa shape index (κ3) is 3.87. The smallest absolute Gasteiger partial charge is 0.221 e. The topological polar surface area (TPSA) is 56.1 Å². The molecule has 25 heavy (non-hydrogen) atoms. The van der Waals surface area contributed by atoms with Gasteiger partial charge in [-0.05, 0) is 51.2 Å². The molecule has 0 aliphatic heterocycles. The van der Waals surface area contributed by atoms with E-state index in [1.54, 1.807) is 7.11 Å². The van der Waals surface area contributed by atoms with Crippen molar-refractivity contribution in [2.45, 2.75) is 57.6 Å². The van der Waals surface area contributed by atoms with Crippen LogP contribution >= 0.6 is 0 Å². The third-order valence-corrected chi connectivity index (χ3v) is 5.34. The van der Waals surface area contributed by atoms with Crippen LogP contribution < -0.4 is 5.32 Å². The number of ether oxygens (including phenoxy) is 1. The van der Waals surface area contributed by atoms with Crippen molar-refractivity contribution in [2.75, 3.05) is 7.11 Å². The number of amides is 1. The van der Waals surface area contributed by atoms with E-state index in [0.717, 1.165) is 42.5 Å². The number of rotatable bonds is 5. The number of methoxy groups -OCH3 is 1. The number of imidazole rings is 1. The first-order valence-electron chi connectivity index (χ1n) is 9.16. The summed E-state index contributed by atoms with van der Waals surface area (Å²) in [5.74, 6) is 1.38. The molecule has 1 amide bonds. The lowest BCUT2D eigenvalue weighted by molar-refractivity contribution is -0.124. The van der Waals surface area contributed by atoms with E-state index in [4.69, 9.17) is 9.72 Å². The zero-order valence-corrected chi connectivity index (χ0v) is 15.7. The molecule has 0 bridgehead atoms. The Balaban J connectivity index is 1.69. The molecule has 1 aromatic heterocycles. The number of aromatic nitrogens is 2. The van der Waals surface area contributed by atoms with Gasteiger partial charge in [0.2, 0.25) is 5.91 Å². The highest BCUT2D eigenvalue weighted by Crippen LogP contribution is 2.29. The maximum absolute atomic E-state index is 12.6. The molecule has 2 unspecified atom stereocenters. The van der Waals surface area contributed by atoms with Crippen LogP contribution in [0, 0.1) is 5.92 Å². The largest absolute Gasteiger partial charge is 0.381 e. The van der Waals surface area contributed by atoms with Crippen LogP contribution in [0.5, 0.6) is 0 Å². The van der Waals surface area contributed by atoms with Gasteiger partial charge < -0.3 is 14.6 Å². The van der Waals surface area contributed by atoms with Crippen molar-refractivity contribution in [3.8, 4) is 0 Å². The number of fused-ring (bicyclic) bond motifs is 1. The summed E-state index contributed by atoms with van der Waals surface area (Å²) in [6.07, 6.45) is 5.22. The van der Waals surface area contributed by atoms with Gasteiger partial charge in [-0.25, -0.2) is 4.98 Å². The second-order valence-corrected chi connectivity index (χ2v) is 7.75. The molecule has 2 atom stereocenters. The van der Waals surface area contributed by atoms with Crippen molar-refractivity contribution in [3.05, 3.63) is 30.1 Å². The van der Waals surface area contributed by atoms with Crippen LogP contribution in [0.2, 0.25) is 0 Å². The van der Waals surface area contributed by atoms with Crippen molar-refractivity contribution in [1.29, 1.82) is 0 Å². The van der Waals surface area contributed by atoms with E-state index in [-0.39, 0.29) is 5.91 Å². The molecule has 0 saturated heterocycles. The fourth-order valence-electron chi connectivity index (χ4n) is 4.06. The number of carbonyl (C=O) groups is 1. The molecular formula is C20H29N3O2. The number of hydrogen-bond acceptors (Lipinski definition) is 3. The maximum Gasteiger partial charge on any atom is 0.221 e. The quantitative estimate of drug-likeness (QED) is 0.904. The Morgan fingerprint density at radius 1 is 1.36 bits per heavy atom. The summed E-state index contributed by atoms with van der Waals surface area (Å²) in [5.41, 5.74) is 1.52. The summed E-state index contributed by atoms with van der Waals surface area (Å²) >= 11 is 0. The van der Waals surface area contributed by atoms with E-state index in [1.807, 2.05) is 39.1 Å². The molecule has 1 fully saturated rings. The van der Waals surface area contributed by atoms with Gasteiger partial charge in [0, 0.05) is 20.6 Å². The fourth-order valence-corrected chi connectivity index (χ4v) is 4.06. The normalized spacial score (nSPS) is 21.4. The zero-order chi connectivity index (χ0) is 18.0. The van der Waals surface area contributed by atoms with Crippen LogP contribution in [0.25, 0.3) is 11.0 Å². The van der Waals surface area contributed by atoms with Gasteiger partial charge in [0.1, 0.15) is 5.82 Å². The molecule has 0 radical (unpaired) electrons. The van der Waals surface area contributed by atoms with Crippen LogP contribution in [0.15, 0.2) is 24.3 Å². The molecule has 1 aliphatic rings. The molecular weight excluding hydrogens is 314 g/mol. The minimum atomic E-state index is -0.514. The molecule has 136 valence electrons. The molecule has 1 heterocycles. The summed E-state index contributed by atoms with van der Waals surface area (Å²) in [6, 6.07) is 8.05. The second kappa shape index (κ2) is 7.16. The van der Waals surface area contributed by atoms with Crippen molar-refractivity contribution in [2.24, 2.45) is 13.0 Å². The van der Waals surface area contributed by atoms with Gasteiger partial charge in [0.05, 0.1) is 22.7 Å². The predicted molar refractivity (Wildman–Crippen MR) is 99.3 cm³/mol. The van der Waals surface area contributed by atoms with Gasteiger partial charge in [-0.3, -0.25) is 4.79 Å². The number of benzene rings is 1. The predicted octanol–water partition coefficient (Wildman–Crippen LogP) is 3.52. The van der Waals surface area contributed by atoms with E-state index in [0.29, 0.717) is 18.4 Å². The summed E-state index contributed by atoms with van der Waals surface area (Å²) in [5, 5.41) is 3.19. The van der Waals surface area contributed by atoms with E-state index < -0.39 is 5.54 Å². The molecule has 1 aromatic carbocycles. The number of hydrogen-bond donors (Lipinski definition) is 1. The van der Waals surface area contributed by atoms with Crippen molar-refractivity contribution >= 4 is 16.9 Å². The lowest BCUT2D eigenvalue weighted by Gasteiger charge is -2.30. The van der Waals surface area contributed by atoms with E-state index in [2.05, 4.69) is 16.0 Å². The number of aryl methyl sites for hydroxylation is 1. The van der Waals surface area contributed by atoms with Gasteiger partial charge in [0.25, 0.3) is 0 Å². The van der Waals surface area contributed by atoms with Crippen LogP contribution in [-0.2, 0) is 22.1 Å². The molecule has 1 aliphatic carbocycles. The first kappa shape index (κ1) is 17.9. The van der Waals surface area contributed by atoms with Gasteiger partial charge in [-0.15, -0.1) is 0 Å². The first-order valence-corrected chi connectivity index (χ1v) is 9.16. The average Bonchev–Trinajstić information content (AvgIpc) is 2.93. The number of nitrogens with zero attached hydrogens (tertiary/aromatic N) is 2. The summed E-state index contributed by atoms with van der Waals surface area (Å²) in [4.78, 5) is 17.4. The first-order chi connectivity index (χ1) is 11.9. The Kier molecular flexibility index (Phi) is 5.13. The number of carbonyl (C=O) groups excluding carboxylic acids is 1. The average molecular weight is 343 g/mol. The van der Waals surface area contributed by atoms with Gasteiger partial charge in [-0.2, -0.15) is 0 Å². The van der Waals surface area contributed by atoms with E-state index in [9.17, 15) is 4.79 Å². The Bertz CT molecular complexity index is 750. The number of nitrogens with one attached hydrogen (secondary N) is 1. The standard InChI is InChI=1S/C20H29N3O2/c1-20(2,19-21-16-10-5-6-11-17(16)23(19)3)22-18(24)13-14-8-7-9-15(12-14)25-4/h5-6,10-11,14-15H,7-9,12-13H2,1-4H3,(H,22,24). The molecule has 5 heteroatoms. The van der Waals surface area contributed by atoms with E-state index >= 15 is 0 Å². The SMILES string of the molecule is COC1CCCC(CC(=O)NC(C)(C)c2nc3ccccc3n2C)C1. The highest BCUT2D eigenvalue weighted by Gasteiger charge is 2.30.